The third kappa shape index (κ3) is 5.81. The van der Waals surface area contributed by atoms with Gasteiger partial charge in [0.2, 0.25) is 0 Å². The Morgan fingerprint density at radius 1 is 1.19 bits per heavy atom. The third-order valence-corrected chi connectivity index (χ3v) is 5.32. The first-order valence-corrected chi connectivity index (χ1v) is 10.6. The average molecular weight is 425 g/mol. The second kappa shape index (κ2) is 11.4. The summed E-state index contributed by atoms with van der Waals surface area (Å²) in [5, 5.41) is 3.54. The number of nitrogens with zero attached hydrogens (tertiary/aromatic N) is 3. The maximum absolute atomic E-state index is 5.47. The van der Waals surface area contributed by atoms with Crippen molar-refractivity contribution in [3.8, 4) is 23.3 Å². The van der Waals surface area contributed by atoms with Crippen LogP contribution in [0.3, 0.4) is 0 Å². The standard InChI is InChI=1S/C24H32N4O3/c1-5-7-20(19-8-9-21(29-3)22(18-19)30-4)24-26-12-10-23(27(24)2)25-11-6-13-28-14-16-31-17-15-28/h8-10,12,18,25H,6,11,13-17H2,1-4H3/b24-20+. The van der Waals surface area contributed by atoms with Crippen molar-refractivity contribution in [2.75, 3.05) is 60.7 Å². The molecule has 1 aromatic carbocycles. The van der Waals surface area contributed by atoms with Crippen molar-refractivity contribution in [2.45, 2.75) is 13.3 Å². The Kier molecular flexibility index (Phi) is 8.39. The second-order valence-electron chi connectivity index (χ2n) is 7.27. The molecule has 1 N–H and O–H groups in total. The van der Waals surface area contributed by atoms with Crippen molar-refractivity contribution in [1.29, 1.82) is 0 Å². The van der Waals surface area contributed by atoms with E-state index in [1.54, 1.807) is 14.2 Å². The highest BCUT2D eigenvalue weighted by atomic mass is 16.5. The lowest BCUT2D eigenvalue weighted by Crippen LogP contribution is -2.38. The fourth-order valence-corrected chi connectivity index (χ4v) is 3.62. The van der Waals surface area contributed by atoms with Crippen LogP contribution in [-0.2, 0) is 4.74 Å². The molecule has 1 aromatic rings. The number of aliphatic imine (C=N–C) groups is 1. The van der Waals surface area contributed by atoms with Crippen molar-refractivity contribution in [3.05, 3.63) is 41.5 Å². The summed E-state index contributed by atoms with van der Waals surface area (Å²) < 4.78 is 16.3. The van der Waals surface area contributed by atoms with E-state index in [9.17, 15) is 0 Å². The number of rotatable bonds is 8. The lowest BCUT2D eigenvalue weighted by Gasteiger charge is -2.29. The van der Waals surface area contributed by atoms with Gasteiger partial charge >= 0.3 is 0 Å². The van der Waals surface area contributed by atoms with Crippen molar-refractivity contribution in [3.63, 3.8) is 0 Å². The Bertz CT molecular complexity index is 905. The van der Waals surface area contributed by atoms with Gasteiger partial charge in [-0.15, -0.1) is 5.92 Å². The Labute approximate surface area is 185 Å². The molecular formula is C24H32N4O3. The van der Waals surface area contributed by atoms with E-state index in [0.29, 0.717) is 11.5 Å². The van der Waals surface area contributed by atoms with Gasteiger partial charge in [0.25, 0.3) is 0 Å². The van der Waals surface area contributed by atoms with Crippen LogP contribution in [0.1, 0.15) is 18.9 Å². The SMILES string of the molecule is CC#C/C(=C1/N=CC=C(NCCCN2CCOCC2)N1C)c1ccc(OC)c(OC)c1. The Morgan fingerprint density at radius 2 is 1.97 bits per heavy atom. The molecule has 2 aliphatic heterocycles. The minimum absolute atomic E-state index is 0.662. The monoisotopic (exact) mass is 424 g/mol. The van der Waals surface area contributed by atoms with Crippen LogP contribution in [0.15, 0.2) is 40.9 Å². The quantitative estimate of drug-likeness (QED) is 0.511. The van der Waals surface area contributed by atoms with Gasteiger partial charge in [-0.25, -0.2) is 4.99 Å². The van der Waals surface area contributed by atoms with Crippen LogP contribution in [0, 0.1) is 11.8 Å². The lowest BCUT2D eigenvalue weighted by molar-refractivity contribution is 0.0375. The first-order valence-electron chi connectivity index (χ1n) is 10.6. The van der Waals surface area contributed by atoms with Crippen molar-refractivity contribution in [2.24, 2.45) is 4.99 Å². The molecule has 1 fully saturated rings. The normalized spacial score (nSPS) is 18.1. The van der Waals surface area contributed by atoms with Crippen LogP contribution in [0.25, 0.3) is 5.57 Å². The molecule has 1 saturated heterocycles. The number of ether oxygens (including phenoxy) is 3. The van der Waals surface area contributed by atoms with Gasteiger partial charge in [-0.1, -0.05) is 5.92 Å². The van der Waals surface area contributed by atoms with E-state index in [0.717, 1.165) is 68.6 Å². The van der Waals surface area contributed by atoms with E-state index < -0.39 is 0 Å². The fourth-order valence-electron chi connectivity index (χ4n) is 3.62. The topological polar surface area (TPSA) is 58.6 Å². The lowest BCUT2D eigenvalue weighted by atomic mass is 10.0. The maximum atomic E-state index is 5.47. The van der Waals surface area contributed by atoms with Gasteiger partial charge in [-0.3, -0.25) is 4.90 Å². The molecule has 0 atom stereocenters. The van der Waals surface area contributed by atoms with Crippen LogP contribution in [0.5, 0.6) is 11.5 Å². The van der Waals surface area contributed by atoms with Crippen LogP contribution in [0.4, 0.5) is 0 Å². The molecule has 7 heteroatoms. The van der Waals surface area contributed by atoms with E-state index in [2.05, 4.69) is 27.0 Å². The number of hydrogen-bond donors (Lipinski definition) is 1. The Balaban J connectivity index is 1.72. The molecule has 0 radical (unpaired) electrons. The molecule has 31 heavy (non-hydrogen) atoms. The summed E-state index contributed by atoms with van der Waals surface area (Å²) in [5.74, 6) is 9.38. The summed E-state index contributed by atoms with van der Waals surface area (Å²) in [6, 6.07) is 5.80. The molecule has 0 unspecified atom stereocenters. The summed E-state index contributed by atoms with van der Waals surface area (Å²) in [7, 11) is 5.26. The van der Waals surface area contributed by atoms with Crippen molar-refractivity contribution >= 4 is 11.8 Å². The molecule has 0 aromatic heterocycles. The zero-order chi connectivity index (χ0) is 22.1. The van der Waals surface area contributed by atoms with Crippen LogP contribution >= 0.6 is 0 Å². The molecule has 0 spiro atoms. The minimum Gasteiger partial charge on any atom is -0.493 e. The first-order chi connectivity index (χ1) is 15.2. The number of methoxy groups -OCH3 is 2. The van der Waals surface area contributed by atoms with E-state index in [4.69, 9.17) is 14.2 Å². The summed E-state index contributed by atoms with van der Waals surface area (Å²) in [6.45, 7) is 7.50. The molecule has 2 heterocycles. The molecule has 0 saturated carbocycles. The molecule has 166 valence electrons. The van der Waals surface area contributed by atoms with Gasteiger partial charge in [0, 0.05) is 32.9 Å². The Morgan fingerprint density at radius 3 is 2.68 bits per heavy atom. The maximum Gasteiger partial charge on any atom is 0.161 e. The van der Waals surface area contributed by atoms with Gasteiger partial charge in [-0.05, 0) is 49.7 Å². The van der Waals surface area contributed by atoms with E-state index in [1.807, 2.05) is 49.4 Å². The van der Waals surface area contributed by atoms with E-state index >= 15 is 0 Å². The fraction of sp³-hybridized carbons (Fsp3) is 0.458. The number of nitrogens with one attached hydrogen (secondary N) is 1. The highest BCUT2D eigenvalue weighted by molar-refractivity contribution is 5.85. The van der Waals surface area contributed by atoms with Crippen molar-refractivity contribution in [1.82, 2.24) is 15.1 Å². The highest BCUT2D eigenvalue weighted by Crippen LogP contribution is 2.32. The molecule has 0 amide bonds. The number of allylic oxidation sites excluding steroid dienone is 2. The first kappa shape index (κ1) is 22.7. The zero-order valence-electron chi connectivity index (χ0n) is 18.9. The summed E-state index contributed by atoms with van der Waals surface area (Å²) >= 11 is 0. The predicted octanol–water partition coefficient (Wildman–Crippen LogP) is 2.57. The highest BCUT2D eigenvalue weighted by Gasteiger charge is 2.19. The van der Waals surface area contributed by atoms with E-state index in [-0.39, 0.29) is 0 Å². The molecule has 0 aliphatic carbocycles. The summed E-state index contributed by atoms with van der Waals surface area (Å²) in [6.07, 6.45) is 4.88. The molecule has 2 aliphatic rings. The number of benzene rings is 1. The smallest absolute Gasteiger partial charge is 0.161 e. The van der Waals surface area contributed by atoms with Gasteiger partial charge in [0.1, 0.15) is 11.6 Å². The molecule has 7 nitrogen and oxygen atoms in total. The largest absolute Gasteiger partial charge is 0.493 e. The van der Waals surface area contributed by atoms with Crippen LogP contribution < -0.4 is 14.8 Å². The molecule has 0 bridgehead atoms. The van der Waals surface area contributed by atoms with Gasteiger partial charge in [-0.2, -0.15) is 0 Å². The van der Waals surface area contributed by atoms with E-state index in [1.165, 1.54) is 0 Å². The minimum atomic E-state index is 0.662. The number of hydrogen-bond acceptors (Lipinski definition) is 7. The average Bonchev–Trinajstić information content (AvgIpc) is 2.81. The van der Waals surface area contributed by atoms with Gasteiger partial charge < -0.3 is 24.4 Å². The predicted molar refractivity (Wildman–Crippen MR) is 124 cm³/mol. The zero-order valence-corrected chi connectivity index (χ0v) is 18.9. The second-order valence-corrected chi connectivity index (χ2v) is 7.27. The van der Waals surface area contributed by atoms with Gasteiger partial charge in [0.05, 0.1) is 33.0 Å². The molecule has 3 rings (SSSR count). The Hall–Kier alpha value is -2.95. The molecular weight excluding hydrogens is 392 g/mol. The van der Waals surface area contributed by atoms with Crippen molar-refractivity contribution < 1.29 is 14.2 Å². The summed E-state index contributed by atoms with van der Waals surface area (Å²) in [4.78, 5) is 9.12. The van der Waals surface area contributed by atoms with Crippen LogP contribution in [-0.4, -0.2) is 76.7 Å². The summed E-state index contributed by atoms with van der Waals surface area (Å²) in [5.41, 5.74) is 1.77. The van der Waals surface area contributed by atoms with Crippen LogP contribution in [0.2, 0.25) is 0 Å². The third-order valence-electron chi connectivity index (χ3n) is 5.32. The number of morpholine rings is 1. The van der Waals surface area contributed by atoms with Gasteiger partial charge in [0.15, 0.2) is 11.5 Å².